The van der Waals surface area contributed by atoms with Crippen LogP contribution in [0.5, 0.6) is 0 Å². The van der Waals surface area contributed by atoms with E-state index in [1.165, 1.54) is 13.4 Å². The number of carbonyl (C=O) groups excluding carboxylic acids is 2. The Morgan fingerprint density at radius 1 is 1.31 bits per heavy atom. The fourth-order valence-corrected chi connectivity index (χ4v) is 3.42. The second-order valence-corrected chi connectivity index (χ2v) is 6.71. The Bertz CT molecular complexity index is 756. The van der Waals surface area contributed by atoms with E-state index in [-0.39, 0.29) is 11.8 Å². The molecule has 0 fully saturated rings. The molecule has 1 amide bonds. The molecule has 2 aliphatic rings. The van der Waals surface area contributed by atoms with E-state index in [1.807, 2.05) is 25.1 Å². The summed E-state index contributed by atoms with van der Waals surface area (Å²) in [7, 11) is 1.33. The molecule has 0 bridgehead atoms. The molecule has 1 aliphatic carbocycles. The Morgan fingerprint density at radius 3 is 2.73 bits per heavy atom. The quantitative estimate of drug-likeness (QED) is 0.641. The lowest BCUT2D eigenvalue weighted by Gasteiger charge is -2.33. The van der Waals surface area contributed by atoms with Crippen LogP contribution in [-0.4, -0.2) is 25.5 Å². The minimum atomic E-state index is -0.780. The normalized spacial score (nSPS) is 23.9. The first-order chi connectivity index (χ1) is 12.5. The summed E-state index contributed by atoms with van der Waals surface area (Å²) in [5.41, 5.74) is 2.39. The van der Waals surface area contributed by atoms with E-state index in [9.17, 15) is 9.59 Å². The van der Waals surface area contributed by atoms with Gasteiger partial charge in [0, 0.05) is 17.5 Å². The number of allylic oxidation sites excluding steroid dienone is 1. The summed E-state index contributed by atoms with van der Waals surface area (Å²) in [4.78, 5) is 24.1. The summed E-state index contributed by atoms with van der Waals surface area (Å²) >= 11 is 5.84. The largest absolute Gasteiger partial charge is 0.466 e. The van der Waals surface area contributed by atoms with Gasteiger partial charge in [0.2, 0.25) is 0 Å². The van der Waals surface area contributed by atoms with Crippen LogP contribution in [0.3, 0.4) is 0 Å². The maximum absolute atomic E-state index is 12.1. The molecule has 26 heavy (non-hydrogen) atoms. The predicted molar refractivity (Wildman–Crippen MR) is 95.1 cm³/mol. The fraction of sp³-hybridized carbons (Fsp3) is 0.368. The van der Waals surface area contributed by atoms with Crippen molar-refractivity contribution >= 4 is 23.7 Å². The van der Waals surface area contributed by atoms with Crippen LogP contribution in [0.4, 0.5) is 4.79 Å². The third-order valence-electron chi connectivity index (χ3n) is 4.67. The van der Waals surface area contributed by atoms with Crippen LogP contribution in [0.25, 0.3) is 0 Å². The number of amides is 1. The molecule has 1 aliphatic heterocycles. The summed E-state index contributed by atoms with van der Waals surface area (Å²) in [5, 5.41) is 3.32. The van der Waals surface area contributed by atoms with Gasteiger partial charge in [0.25, 0.3) is 6.29 Å². The molecule has 1 aromatic rings. The summed E-state index contributed by atoms with van der Waals surface area (Å²) in [6.07, 6.45) is 2.70. The van der Waals surface area contributed by atoms with Gasteiger partial charge in [-0.2, -0.15) is 0 Å². The molecule has 3 rings (SSSR count). The topological polar surface area (TPSA) is 73.9 Å². The van der Waals surface area contributed by atoms with Gasteiger partial charge in [-0.15, -0.1) is 0 Å². The van der Waals surface area contributed by atoms with Gasteiger partial charge < -0.3 is 19.5 Å². The molecule has 6 nitrogen and oxygen atoms in total. The molecule has 0 radical (unpaired) electrons. The van der Waals surface area contributed by atoms with Gasteiger partial charge >= 0.3 is 12.1 Å². The molecular formula is C19H20ClNO5. The van der Waals surface area contributed by atoms with Crippen LogP contribution in [0, 0.1) is 11.8 Å². The maximum atomic E-state index is 12.1. The van der Waals surface area contributed by atoms with Gasteiger partial charge in [-0.3, -0.25) is 0 Å². The second-order valence-electron chi connectivity index (χ2n) is 6.27. The third kappa shape index (κ3) is 3.85. The number of hydrogen-bond donors (Lipinski definition) is 1. The van der Waals surface area contributed by atoms with E-state index in [2.05, 4.69) is 5.32 Å². The van der Waals surface area contributed by atoms with E-state index >= 15 is 0 Å². The molecule has 1 aromatic carbocycles. The number of ether oxygens (including phenoxy) is 3. The molecule has 138 valence electrons. The molecule has 0 saturated carbocycles. The number of fused-ring (bicyclic) bond motifs is 1. The summed E-state index contributed by atoms with van der Waals surface area (Å²) < 4.78 is 15.8. The molecule has 0 aromatic heterocycles. The predicted octanol–water partition coefficient (Wildman–Crippen LogP) is 3.56. The average molecular weight is 378 g/mol. The monoisotopic (exact) mass is 377 g/mol. The summed E-state index contributed by atoms with van der Waals surface area (Å²) in [6.45, 7) is 2.26. The highest BCUT2D eigenvalue weighted by Gasteiger charge is 2.44. The van der Waals surface area contributed by atoms with Crippen LogP contribution in [0.1, 0.15) is 18.9 Å². The van der Waals surface area contributed by atoms with E-state index in [4.69, 9.17) is 25.8 Å². The molecular weight excluding hydrogens is 358 g/mol. The summed E-state index contributed by atoms with van der Waals surface area (Å²) in [5.74, 6) is -0.727. The molecule has 0 spiro atoms. The first-order valence-corrected chi connectivity index (χ1v) is 8.67. The van der Waals surface area contributed by atoms with E-state index in [0.29, 0.717) is 23.6 Å². The molecule has 1 N–H and O–H groups in total. The molecule has 0 saturated heterocycles. The van der Waals surface area contributed by atoms with Gasteiger partial charge in [0.05, 0.1) is 24.9 Å². The zero-order valence-corrected chi connectivity index (χ0v) is 15.3. The zero-order valence-electron chi connectivity index (χ0n) is 14.5. The lowest BCUT2D eigenvalue weighted by Crippen LogP contribution is -2.40. The average Bonchev–Trinajstić information content (AvgIpc) is 3.03. The SMILES string of the molecule is COC(=O)C1=COC(OC(=O)NCc2ccc(Cl)cc2)C2C(C)=CCC12. The number of rotatable bonds is 4. The van der Waals surface area contributed by atoms with Crippen LogP contribution >= 0.6 is 11.6 Å². The molecule has 3 unspecified atom stereocenters. The highest BCUT2D eigenvalue weighted by atomic mass is 35.5. The smallest absolute Gasteiger partial charge is 0.410 e. The molecule has 3 atom stereocenters. The number of carbonyl (C=O) groups is 2. The van der Waals surface area contributed by atoms with Gasteiger partial charge in [0.15, 0.2) is 0 Å². The van der Waals surface area contributed by atoms with E-state index in [1.54, 1.807) is 12.1 Å². The van der Waals surface area contributed by atoms with Gasteiger partial charge in [-0.1, -0.05) is 35.4 Å². The van der Waals surface area contributed by atoms with E-state index < -0.39 is 18.4 Å². The minimum absolute atomic E-state index is 0.106. The van der Waals surface area contributed by atoms with Gasteiger partial charge in [0.1, 0.15) is 0 Å². The Hall–Kier alpha value is -2.47. The lowest BCUT2D eigenvalue weighted by atomic mass is 9.84. The van der Waals surface area contributed by atoms with Crippen molar-refractivity contribution in [3.05, 3.63) is 58.3 Å². The van der Waals surface area contributed by atoms with Gasteiger partial charge in [-0.25, -0.2) is 9.59 Å². The van der Waals surface area contributed by atoms with Crippen LogP contribution in [0.15, 0.2) is 47.7 Å². The van der Waals surface area contributed by atoms with Crippen molar-refractivity contribution in [1.82, 2.24) is 5.32 Å². The maximum Gasteiger partial charge on any atom is 0.410 e. The third-order valence-corrected chi connectivity index (χ3v) is 4.92. The fourth-order valence-electron chi connectivity index (χ4n) is 3.29. The highest BCUT2D eigenvalue weighted by molar-refractivity contribution is 6.30. The van der Waals surface area contributed by atoms with Gasteiger partial charge in [-0.05, 0) is 31.0 Å². The first-order valence-electron chi connectivity index (χ1n) is 8.29. The second kappa shape index (κ2) is 7.83. The number of hydrogen-bond acceptors (Lipinski definition) is 5. The Balaban J connectivity index is 1.62. The van der Waals surface area contributed by atoms with Crippen molar-refractivity contribution in [3.8, 4) is 0 Å². The number of methoxy groups -OCH3 is 1. The number of halogens is 1. The molecule has 1 heterocycles. The van der Waals surface area contributed by atoms with Crippen molar-refractivity contribution in [2.24, 2.45) is 11.8 Å². The lowest BCUT2D eigenvalue weighted by molar-refractivity contribution is -0.141. The van der Waals surface area contributed by atoms with Crippen molar-refractivity contribution in [1.29, 1.82) is 0 Å². The molecule has 7 heteroatoms. The van der Waals surface area contributed by atoms with Crippen molar-refractivity contribution in [2.45, 2.75) is 26.2 Å². The number of alkyl carbamates (subject to hydrolysis) is 1. The summed E-state index contributed by atoms with van der Waals surface area (Å²) in [6, 6.07) is 7.16. The van der Waals surface area contributed by atoms with Crippen molar-refractivity contribution < 1.29 is 23.8 Å². The van der Waals surface area contributed by atoms with Crippen LogP contribution in [-0.2, 0) is 25.5 Å². The Labute approximate surface area is 156 Å². The van der Waals surface area contributed by atoms with Crippen LogP contribution < -0.4 is 5.32 Å². The zero-order chi connectivity index (χ0) is 18.7. The van der Waals surface area contributed by atoms with Crippen LogP contribution in [0.2, 0.25) is 5.02 Å². The van der Waals surface area contributed by atoms with Crippen molar-refractivity contribution in [2.75, 3.05) is 7.11 Å². The Kier molecular flexibility index (Phi) is 5.52. The highest BCUT2D eigenvalue weighted by Crippen LogP contribution is 2.43. The standard InChI is InChI=1S/C19H20ClNO5/c1-11-3-8-14-15(17(22)24-2)10-25-18(16(11)14)26-19(23)21-9-12-4-6-13(20)7-5-12/h3-7,10,14,16,18H,8-9H2,1-2H3,(H,21,23). The minimum Gasteiger partial charge on any atom is -0.466 e. The number of nitrogens with one attached hydrogen (secondary N) is 1. The van der Waals surface area contributed by atoms with Crippen molar-refractivity contribution in [3.63, 3.8) is 0 Å². The Morgan fingerprint density at radius 2 is 2.04 bits per heavy atom. The first kappa shape index (κ1) is 18.3. The van der Waals surface area contributed by atoms with E-state index in [0.717, 1.165) is 11.1 Å². The number of esters is 1. The number of benzene rings is 1.